The third-order valence-corrected chi connectivity index (χ3v) is 3.06. The van der Waals surface area contributed by atoms with Crippen LogP contribution in [0.3, 0.4) is 0 Å². The van der Waals surface area contributed by atoms with Crippen LogP contribution < -0.4 is 0 Å². The number of carbonyl (C=O) groups is 1. The van der Waals surface area contributed by atoms with Gasteiger partial charge in [0, 0.05) is 10.0 Å². The van der Waals surface area contributed by atoms with Gasteiger partial charge in [0.2, 0.25) is 0 Å². The van der Waals surface area contributed by atoms with Crippen LogP contribution in [0.1, 0.15) is 23.5 Å². The fourth-order valence-electron chi connectivity index (χ4n) is 1.93. The molecule has 2 nitrogen and oxygen atoms in total. The SMILES string of the molecule is O=C(O)[C@@H]1CCc2cc(Cl)cc(Cl)c21. The van der Waals surface area contributed by atoms with E-state index in [1.54, 1.807) is 12.1 Å². The lowest BCUT2D eigenvalue weighted by molar-refractivity contribution is -0.138. The van der Waals surface area contributed by atoms with E-state index >= 15 is 0 Å². The first-order valence-corrected chi connectivity index (χ1v) is 5.06. The minimum absolute atomic E-state index is 0.463. The Kier molecular flexibility index (Phi) is 2.41. The zero-order valence-corrected chi connectivity index (χ0v) is 8.77. The number of fused-ring (bicyclic) bond motifs is 1. The molecule has 0 radical (unpaired) electrons. The number of aryl methyl sites for hydroxylation is 1. The third kappa shape index (κ3) is 1.49. The molecule has 0 spiro atoms. The third-order valence-electron chi connectivity index (χ3n) is 2.53. The Morgan fingerprint density at radius 3 is 2.79 bits per heavy atom. The van der Waals surface area contributed by atoms with Gasteiger partial charge in [0.1, 0.15) is 0 Å². The van der Waals surface area contributed by atoms with Crippen molar-refractivity contribution in [2.75, 3.05) is 0 Å². The van der Waals surface area contributed by atoms with Gasteiger partial charge >= 0.3 is 5.97 Å². The molecule has 0 saturated heterocycles. The van der Waals surface area contributed by atoms with Crippen molar-refractivity contribution in [2.24, 2.45) is 0 Å². The predicted molar refractivity (Wildman–Crippen MR) is 55.2 cm³/mol. The van der Waals surface area contributed by atoms with Crippen molar-refractivity contribution in [1.29, 1.82) is 0 Å². The van der Waals surface area contributed by atoms with Crippen molar-refractivity contribution in [3.63, 3.8) is 0 Å². The van der Waals surface area contributed by atoms with Crippen LogP contribution >= 0.6 is 23.2 Å². The zero-order valence-electron chi connectivity index (χ0n) is 7.26. The Morgan fingerprint density at radius 2 is 2.14 bits per heavy atom. The number of hydrogen-bond donors (Lipinski definition) is 1. The van der Waals surface area contributed by atoms with Crippen molar-refractivity contribution < 1.29 is 9.90 Å². The number of benzene rings is 1. The maximum Gasteiger partial charge on any atom is 0.311 e. The van der Waals surface area contributed by atoms with E-state index in [-0.39, 0.29) is 0 Å². The fourth-order valence-corrected chi connectivity index (χ4v) is 2.59. The van der Waals surface area contributed by atoms with E-state index < -0.39 is 11.9 Å². The second-order valence-electron chi connectivity index (χ2n) is 3.39. The molecule has 0 fully saturated rings. The van der Waals surface area contributed by atoms with Crippen LogP contribution in [-0.4, -0.2) is 11.1 Å². The Bertz CT molecular complexity index is 401. The van der Waals surface area contributed by atoms with Gasteiger partial charge in [-0.25, -0.2) is 0 Å². The summed E-state index contributed by atoms with van der Waals surface area (Å²) in [6.45, 7) is 0. The Hall–Kier alpha value is -0.730. The van der Waals surface area contributed by atoms with Gasteiger partial charge in [0.15, 0.2) is 0 Å². The topological polar surface area (TPSA) is 37.3 Å². The van der Waals surface area contributed by atoms with E-state index in [1.807, 2.05) is 0 Å². The Morgan fingerprint density at radius 1 is 1.43 bits per heavy atom. The Balaban J connectivity index is 2.54. The molecule has 1 N–H and O–H groups in total. The van der Waals surface area contributed by atoms with Gasteiger partial charge < -0.3 is 5.11 Å². The zero-order chi connectivity index (χ0) is 10.3. The van der Waals surface area contributed by atoms with Crippen LogP contribution in [-0.2, 0) is 11.2 Å². The lowest BCUT2D eigenvalue weighted by atomic mass is 10.0. The molecule has 1 atom stereocenters. The van der Waals surface area contributed by atoms with E-state index in [2.05, 4.69) is 0 Å². The van der Waals surface area contributed by atoms with Crippen molar-refractivity contribution in [1.82, 2.24) is 0 Å². The van der Waals surface area contributed by atoms with Crippen LogP contribution in [0, 0.1) is 0 Å². The van der Waals surface area contributed by atoms with Crippen LogP contribution in [0.5, 0.6) is 0 Å². The van der Waals surface area contributed by atoms with Crippen LogP contribution in [0.2, 0.25) is 10.0 Å². The molecule has 1 aliphatic rings. The summed E-state index contributed by atoms with van der Waals surface area (Å²) in [5.74, 6) is -1.28. The highest BCUT2D eigenvalue weighted by molar-refractivity contribution is 6.35. The smallest absolute Gasteiger partial charge is 0.311 e. The predicted octanol–water partition coefficient (Wildman–Crippen LogP) is 3.11. The second kappa shape index (κ2) is 3.44. The molecule has 0 bridgehead atoms. The minimum Gasteiger partial charge on any atom is -0.481 e. The number of halogens is 2. The molecule has 2 rings (SSSR count). The molecule has 0 heterocycles. The van der Waals surface area contributed by atoms with Crippen LogP contribution in [0.15, 0.2) is 12.1 Å². The molecule has 1 aliphatic carbocycles. The van der Waals surface area contributed by atoms with Gasteiger partial charge in [-0.2, -0.15) is 0 Å². The summed E-state index contributed by atoms with van der Waals surface area (Å²) in [5.41, 5.74) is 1.71. The molecule has 0 aromatic heterocycles. The summed E-state index contributed by atoms with van der Waals surface area (Å²) in [4.78, 5) is 10.9. The molecule has 0 aliphatic heterocycles. The molecule has 0 unspecified atom stereocenters. The van der Waals surface area contributed by atoms with Crippen LogP contribution in [0.25, 0.3) is 0 Å². The maximum absolute atomic E-state index is 10.9. The van der Waals surface area contributed by atoms with Crippen molar-refractivity contribution in [3.8, 4) is 0 Å². The lowest BCUT2D eigenvalue weighted by Gasteiger charge is -2.08. The van der Waals surface area contributed by atoms with E-state index in [0.717, 1.165) is 17.5 Å². The molecule has 0 saturated carbocycles. The van der Waals surface area contributed by atoms with Crippen molar-refractivity contribution in [2.45, 2.75) is 18.8 Å². The number of carboxylic acids is 1. The first kappa shape index (κ1) is 9.81. The average molecular weight is 231 g/mol. The summed E-state index contributed by atoms with van der Waals surface area (Å²) >= 11 is 11.8. The van der Waals surface area contributed by atoms with Crippen LogP contribution in [0.4, 0.5) is 0 Å². The molecule has 1 aromatic carbocycles. The van der Waals surface area contributed by atoms with E-state index in [9.17, 15) is 4.79 Å². The summed E-state index contributed by atoms with van der Waals surface area (Å²) in [6.07, 6.45) is 1.36. The molecule has 14 heavy (non-hydrogen) atoms. The summed E-state index contributed by atoms with van der Waals surface area (Å²) in [6, 6.07) is 3.40. The summed E-state index contributed by atoms with van der Waals surface area (Å²) < 4.78 is 0. The van der Waals surface area contributed by atoms with E-state index in [0.29, 0.717) is 16.5 Å². The average Bonchev–Trinajstić information content (AvgIpc) is 2.47. The molecule has 0 amide bonds. The number of hydrogen-bond acceptors (Lipinski definition) is 1. The monoisotopic (exact) mass is 230 g/mol. The van der Waals surface area contributed by atoms with Gasteiger partial charge in [-0.3, -0.25) is 4.79 Å². The number of rotatable bonds is 1. The first-order valence-electron chi connectivity index (χ1n) is 4.30. The molecule has 1 aromatic rings. The molecular formula is C10H8Cl2O2. The largest absolute Gasteiger partial charge is 0.481 e. The summed E-state index contributed by atoms with van der Waals surface area (Å²) in [7, 11) is 0. The lowest BCUT2D eigenvalue weighted by Crippen LogP contribution is -2.08. The quantitative estimate of drug-likeness (QED) is 0.806. The minimum atomic E-state index is -0.812. The number of aliphatic carboxylic acids is 1. The standard InChI is InChI=1S/C10H8Cl2O2/c11-6-3-5-1-2-7(10(13)14)9(5)8(12)4-6/h3-4,7H,1-2H2,(H,13,14)/t7-/m1/s1. The fraction of sp³-hybridized carbons (Fsp3) is 0.300. The first-order chi connectivity index (χ1) is 6.59. The second-order valence-corrected chi connectivity index (χ2v) is 4.23. The Labute approximate surface area is 91.4 Å². The molecule has 74 valence electrons. The maximum atomic E-state index is 10.9. The summed E-state index contributed by atoms with van der Waals surface area (Å²) in [5, 5.41) is 10.0. The highest BCUT2D eigenvalue weighted by Crippen LogP contribution is 2.39. The van der Waals surface area contributed by atoms with Crippen molar-refractivity contribution in [3.05, 3.63) is 33.3 Å². The molecule has 4 heteroatoms. The van der Waals surface area contributed by atoms with E-state index in [1.165, 1.54) is 0 Å². The van der Waals surface area contributed by atoms with Gasteiger partial charge in [-0.1, -0.05) is 23.2 Å². The highest BCUT2D eigenvalue weighted by Gasteiger charge is 2.30. The highest BCUT2D eigenvalue weighted by atomic mass is 35.5. The van der Waals surface area contributed by atoms with E-state index in [4.69, 9.17) is 28.3 Å². The van der Waals surface area contributed by atoms with Gasteiger partial charge in [0.05, 0.1) is 5.92 Å². The van der Waals surface area contributed by atoms with Gasteiger partial charge in [-0.05, 0) is 36.1 Å². The van der Waals surface area contributed by atoms with Gasteiger partial charge in [-0.15, -0.1) is 0 Å². The molecular weight excluding hydrogens is 223 g/mol. The number of carboxylic acid groups (broad SMARTS) is 1. The normalized spacial score (nSPS) is 19.4. The van der Waals surface area contributed by atoms with Crippen molar-refractivity contribution >= 4 is 29.2 Å². The van der Waals surface area contributed by atoms with Gasteiger partial charge in [0.25, 0.3) is 0 Å².